The predicted molar refractivity (Wildman–Crippen MR) is 76.7 cm³/mol. The van der Waals surface area contributed by atoms with Crippen LogP contribution in [-0.2, 0) is 0 Å². The van der Waals surface area contributed by atoms with Crippen molar-refractivity contribution in [3.05, 3.63) is 59.9 Å². The van der Waals surface area contributed by atoms with Crippen molar-refractivity contribution in [3.63, 3.8) is 0 Å². The van der Waals surface area contributed by atoms with Gasteiger partial charge in [-0.2, -0.15) is 0 Å². The van der Waals surface area contributed by atoms with Crippen LogP contribution in [0.1, 0.15) is 15.9 Å². The van der Waals surface area contributed by atoms with Gasteiger partial charge in [0.1, 0.15) is 6.33 Å². The van der Waals surface area contributed by atoms with E-state index >= 15 is 0 Å². The van der Waals surface area contributed by atoms with Crippen LogP contribution in [0.3, 0.4) is 0 Å². The molecule has 4 heteroatoms. The quantitative estimate of drug-likeness (QED) is 0.771. The molecule has 0 atom stereocenters. The molecule has 20 heavy (non-hydrogen) atoms. The third kappa shape index (κ3) is 2.01. The van der Waals surface area contributed by atoms with E-state index in [2.05, 4.69) is 9.97 Å². The molecule has 3 aromatic rings. The Morgan fingerprint density at radius 1 is 1.10 bits per heavy atom. The number of rotatable bonds is 2. The SMILES string of the molecule is Cc1ccc(C(=O)O)c(-c2ncnc3ccccc23)c1. The van der Waals surface area contributed by atoms with Gasteiger partial charge in [0.05, 0.1) is 16.8 Å². The van der Waals surface area contributed by atoms with Gasteiger partial charge in [-0.15, -0.1) is 0 Å². The van der Waals surface area contributed by atoms with Crippen molar-refractivity contribution in [2.75, 3.05) is 0 Å². The van der Waals surface area contributed by atoms with Gasteiger partial charge in [-0.05, 0) is 25.1 Å². The van der Waals surface area contributed by atoms with Crippen molar-refractivity contribution >= 4 is 16.9 Å². The molecule has 0 aliphatic carbocycles. The largest absolute Gasteiger partial charge is 0.478 e. The number of para-hydroxylation sites is 1. The van der Waals surface area contributed by atoms with E-state index in [1.807, 2.05) is 37.3 Å². The lowest BCUT2D eigenvalue weighted by Gasteiger charge is -2.09. The maximum atomic E-state index is 11.4. The second kappa shape index (κ2) is 4.74. The molecule has 1 N–H and O–H groups in total. The molecule has 0 aliphatic rings. The van der Waals surface area contributed by atoms with Gasteiger partial charge in [-0.25, -0.2) is 14.8 Å². The van der Waals surface area contributed by atoms with Crippen LogP contribution < -0.4 is 0 Å². The number of aromatic carboxylic acids is 1. The molecule has 1 aromatic heterocycles. The molecule has 1 heterocycles. The highest BCUT2D eigenvalue weighted by Crippen LogP contribution is 2.28. The third-order valence-electron chi connectivity index (χ3n) is 3.20. The van der Waals surface area contributed by atoms with E-state index in [0.29, 0.717) is 11.3 Å². The minimum absolute atomic E-state index is 0.249. The number of carbonyl (C=O) groups is 1. The van der Waals surface area contributed by atoms with Crippen LogP contribution >= 0.6 is 0 Å². The Labute approximate surface area is 115 Å². The second-order valence-corrected chi connectivity index (χ2v) is 4.59. The molecule has 2 aromatic carbocycles. The number of hydrogen-bond acceptors (Lipinski definition) is 3. The summed E-state index contributed by atoms with van der Waals surface area (Å²) in [5.74, 6) is -0.956. The van der Waals surface area contributed by atoms with Gasteiger partial charge >= 0.3 is 5.97 Å². The molecule has 0 fully saturated rings. The Morgan fingerprint density at radius 2 is 1.90 bits per heavy atom. The van der Waals surface area contributed by atoms with E-state index in [1.54, 1.807) is 12.1 Å². The molecule has 98 valence electrons. The standard InChI is InChI=1S/C16H12N2O2/c1-10-6-7-11(16(19)20)13(8-10)15-12-4-2-3-5-14(12)17-9-18-15/h2-9H,1H3,(H,19,20). The van der Waals surface area contributed by atoms with Crippen molar-refractivity contribution < 1.29 is 9.90 Å². The highest BCUT2D eigenvalue weighted by molar-refractivity contribution is 6.01. The van der Waals surface area contributed by atoms with Gasteiger partial charge in [-0.3, -0.25) is 0 Å². The van der Waals surface area contributed by atoms with Gasteiger partial charge in [-0.1, -0.05) is 29.8 Å². The first-order chi connectivity index (χ1) is 9.66. The van der Waals surface area contributed by atoms with Crippen LogP contribution in [0, 0.1) is 6.92 Å². The highest BCUT2D eigenvalue weighted by Gasteiger charge is 2.15. The molecule has 0 saturated carbocycles. The normalized spacial score (nSPS) is 10.7. The number of hydrogen-bond donors (Lipinski definition) is 1. The molecular weight excluding hydrogens is 252 g/mol. The summed E-state index contributed by atoms with van der Waals surface area (Å²) in [6.07, 6.45) is 1.46. The summed E-state index contributed by atoms with van der Waals surface area (Å²) < 4.78 is 0. The molecule has 0 spiro atoms. The van der Waals surface area contributed by atoms with E-state index in [0.717, 1.165) is 16.5 Å². The monoisotopic (exact) mass is 264 g/mol. The van der Waals surface area contributed by atoms with E-state index in [1.165, 1.54) is 6.33 Å². The molecular formula is C16H12N2O2. The molecule has 0 radical (unpaired) electrons. The molecule has 0 unspecified atom stereocenters. The fraction of sp³-hybridized carbons (Fsp3) is 0.0625. The van der Waals surface area contributed by atoms with E-state index in [-0.39, 0.29) is 5.56 Å². The Hall–Kier alpha value is -2.75. The number of aromatic nitrogens is 2. The minimum Gasteiger partial charge on any atom is -0.478 e. The fourth-order valence-electron chi connectivity index (χ4n) is 2.26. The van der Waals surface area contributed by atoms with Crippen molar-refractivity contribution in [1.82, 2.24) is 9.97 Å². The number of nitrogens with zero attached hydrogens (tertiary/aromatic N) is 2. The maximum Gasteiger partial charge on any atom is 0.336 e. The van der Waals surface area contributed by atoms with Crippen LogP contribution in [-0.4, -0.2) is 21.0 Å². The molecule has 0 aliphatic heterocycles. The minimum atomic E-state index is -0.956. The summed E-state index contributed by atoms with van der Waals surface area (Å²) >= 11 is 0. The first kappa shape index (κ1) is 12.3. The average molecular weight is 264 g/mol. The topological polar surface area (TPSA) is 63.1 Å². The predicted octanol–water partition coefficient (Wildman–Crippen LogP) is 3.30. The third-order valence-corrected chi connectivity index (χ3v) is 3.20. The zero-order valence-electron chi connectivity index (χ0n) is 10.9. The summed E-state index contributed by atoms with van der Waals surface area (Å²) in [4.78, 5) is 19.9. The number of aryl methyl sites for hydroxylation is 1. The lowest BCUT2D eigenvalue weighted by atomic mass is 9.99. The number of carboxylic acids is 1. The lowest BCUT2D eigenvalue weighted by Crippen LogP contribution is -2.01. The van der Waals surface area contributed by atoms with Crippen LogP contribution in [0.5, 0.6) is 0 Å². The van der Waals surface area contributed by atoms with Crippen LogP contribution in [0.4, 0.5) is 0 Å². The van der Waals surface area contributed by atoms with Gasteiger partial charge in [0.25, 0.3) is 0 Å². The lowest BCUT2D eigenvalue weighted by molar-refractivity contribution is 0.0697. The second-order valence-electron chi connectivity index (χ2n) is 4.59. The van der Waals surface area contributed by atoms with Gasteiger partial charge in [0.15, 0.2) is 0 Å². The van der Waals surface area contributed by atoms with E-state index < -0.39 is 5.97 Å². The highest BCUT2D eigenvalue weighted by atomic mass is 16.4. The summed E-state index contributed by atoms with van der Waals surface area (Å²) in [6.45, 7) is 1.93. The Morgan fingerprint density at radius 3 is 2.70 bits per heavy atom. The van der Waals surface area contributed by atoms with Crippen molar-refractivity contribution in [1.29, 1.82) is 0 Å². The molecule has 3 rings (SSSR count). The zero-order chi connectivity index (χ0) is 14.1. The first-order valence-corrected chi connectivity index (χ1v) is 6.21. The van der Waals surface area contributed by atoms with E-state index in [9.17, 15) is 9.90 Å². The summed E-state index contributed by atoms with van der Waals surface area (Å²) in [7, 11) is 0. The summed E-state index contributed by atoms with van der Waals surface area (Å²) in [5.41, 5.74) is 3.32. The zero-order valence-corrected chi connectivity index (χ0v) is 10.9. The van der Waals surface area contributed by atoms with Crippen LogP contribution in [0.15, 0.2) is 48.8 Å². The smallest absolute Gasteiger partial charge is 0.336 e. The molecule has 4 nitrogen and oxygen atoms in total. The number of benzene rings is 2. The summed E-state index contributed by atoms with van der Waals surface area (Å²) in [6, 6.07) is 12.8. The van der Waals surface area contributed by atoms with Crippen LogP contribution in [0.2, 0.25) is 0 Å². The van der Waals surface area contributed by atoms with Crippen molar-refractivity contribution in [2.45, 2.75) is 6.92 Å². The molecule has 0 saturated heterocycles. The van der Waals surface area contributed by atoms with Crippen LogP contribution in [0.25, 0.3) is 22.2 Å². The summed E-state index contributed by atoms with van der Waals surface area (Å²) in [5, 5.41) is 10.2. The van der Waals surface area contributed by atoms with Gasteiger partial charge in [0, 0.05) is 10.9 Å². The van der Waals surface area contributed by atoms with Crippen molar-refractivity contribution in [3.8, 4) is 11.3 Å². The Bertz CT molecular complexity index is 807. The molecule has 0 amide bonds. The van der Waals surface area contributed by atoms with Gasteiger partial charge in [0.2, 0.25) is 0 Å². The molecule has 0 bridgehead atoms. The number of carboxylic acid groups (broad SMARTS) is 1. The van der Waals surface area contributed by atoms with E-state index in [4.69, 9.17) is 0 Å². The average Bonchev–Trinajstić information content (AvgIpc) is 2.46. The number of fused-ring (bicyclic) bond motifs is 1. The van der Waals surface area contributed by atoms with Gasteiger partial charge < -0.3 is 5.11 Å². The maximum absolute atomic E-state index is 11.4. The van der Waals surface area contributed by atoms with Crippen molar-refractivity contribution in [2.24, 2.45) is 0 Å². The fourth-order valence-corrected chi connectivity index (χ4v) is 2.26. The Balaban J connectivity index is 2.36. The Kier molecular flexibility index (Phi) is 2.91. The first-order valence-electron chi connectivity index (χ1n) is 6.21.